The van der Waals surface area contributed by atoms with Gasteiger partial charge in [0.2, 0.25) is 0 Å². The molecule has 5 heteroatoms. The molecule has 0 saturated carbocycles. The standard InChI is InChI=1S/C11H16N2O3/c1-8(2)12(3)10-5-4-9(7-14)6-11(10)13(15)16/h4-6,8,14H,7H2,1-3H3. The molecule has 0 atom stereocenters. The highest BCUT2D eigenvalue weighted by Crippen LogP contribution is 2.29. The topological polar surface area (TPSA) is 66.6 Å². The van der Waals surface area contributed by atoms with Crippen LogP contribution in [0, 0.1) is 10.1 Å². The van der Waals surface area contributed by atoms with Crippen molar-refractivity contribution in [3.05, 3.63) is 33.9 Å². The minimum absolute atomic E-state index is 0.0303. The van der Waals surface area contributed by atoms with Crippen LogP contribution in [-0.4, -0.2) is 23.1 Å². The average molecular weight is 224 g/mol. The Kier molecular flexibility index (Phi) is 3.84. The number of nitro groups is 1. The van der Waals surface area contributed by atoms with Gasteiger partial charge in [0.05, 0.1) is 11.5 Å². The number of rotatable bonds is 4. The van der Waals surface area contributed by atoms with Gasteiger partial charge in [-0.1, -0.05) is 6.07 Å². The SMILES string of the molecule is CC(C)N(C)c1ccc(CO)cc1[N+](=O)[O-]. The van der Waals surface area contributed by atoms with Gasteiger partial charge >= 0.3 is 0 Å². The second kappa shape index (κ2) is 4.94. The van der Waals surface area contributed by atoms with Crippen LogP contribution in [0.5, 0.6) is 0 Å². The Morgan fingerprint density at radius 2 is 2.12 bits per heavy atom. The molecule has 16 heavy (non-hydrogen) atoms. The van der Waals surface area contributed by atoms with Crippen LogP contribution >= 0.6 is 0 Å². The minimum Gasteiger partial charge on any atom is -0.392 e. The summed E-state index contributed by atoms with van der Waals surface area (Å²) >= 11 is 0. The van der Waals surface area contributed by atoms with Crippen molar-refractivity contribution in [3.63, 3.8) is 0 Å². The molecular formula is C11H16N2O3. The van der Waals surface area contributed by atoms with Crippen LogP contribution < -0.4 is 4.90 Å². The first-order valence-electron chi connectivity index (χ1n) is 5.08. The molecule has 0 saturated heterocycles. The lowest BCUT2D eigenvalue weighted by molar-refractivity contribution is -0.384. The van der Waals surface area contributed by atoms with E-state index in [0.29, 0.717) is 11.3 Å². The van der Waals surface area contributed by atoms with Gasteiger partial charge in [-0.15, -0.1) is 0 Å². The van der Waals surface area contributed by atoms with Crippen LogP contribution in [0.3, 0.4) is 0 Å². The Morgan fingerprint density at radius 3 is 2.56 bits per heavy atom. The Labute approximate surface area is 94.5 Å². The molecule has 0 radical (unpaired) electrons. The van der Waals surface area contributed by atoms with Crippen molar-refractivity contribution in [1.29, 1.82) is 0 Å². The monoisotopic (exact) mass is 224 g/mol. The number of nitro benzene ring substituents is 1. The van der Waals surface area contributed by atoms with Gasteiger partial charge in [-0.2, -0.15) is 0 Å². The van der Waals surface area contributed by atoms with E-state index < -0.39 is 4.92 Å². The van der Waals surface area contributed by atoms with Crippen LogP contribution in [-0.2, 0) is 6.61 Å². The Morgan fingerprint density at radius 1 is 1.50 bits per heavy atom. The maximum Gasteiger partial charge on any atom is 0.292 e. The Balaban J connectivity index is 3.23. The molecule has 0 aliphatic heterocycles. The molecule has 1 N–H and O–H groups in total. The van der Waals surface area contributed by atoms with E-state index in [-0.39, 0.29) is 18.3 Å². The van der Waals surface area contributed by atoms with Crippen molar-refractivity contribution in [3.8, 4) is 0 Å². The predicted octanol–water partition coefficient (Wildman–Crippen LogP) is 1.93. The highest BCUT2D eigenvalue weighted by Gasteiger charge is 2.19. The van der Waals surface area contributed by atoms with Gasteiger partial charge in [-0.05, 0) is 25.5 Å². The molecule has 88 valence electrons. The molecule has 0 bridgehead atoms. The number of hydrogen-bond donors (Lipinski definition) is 1. The van der Waals surface area contributed by atoms with E-state index in [1.807, 2.05) is 25.8 Å². The lowest BCUT2D eigenvalue weighted by Crippen LogP contribution is -2.26. The van der Waals surface area contributed by atoms with Crippen LogP contribution in [0.1, 0.15) is 19.4 Å². The van der Waals surface area contributed by atoms with Crippen molar-refractivity contribution >= 4 is 11.4 Å². The molecule has 0 amide bonds. The summed E-state index contributed by atoms with van der Waals surface area (Å²) < 4.78 is 0. The van der Waals surface area contributed by atoms with Crippen LogP contribution in [0.25, 0.3) is 0 Å². The van der Waals surface area contributed by atoms with Crippen LogP contribution in [0.2, 0.25) is 0 Å². The first-order chi connectivity index (χ1) is 7.47. The molecule has 1 rings (SSSR count). The zero-order valence-corrected chi connectivity index (χ0v) is 9.67. The number of benzene rings is 1. The van der Waals surface area contributed by atoms with Gasteiger partial charge in [-0.3, -0.25) is 10.1 Å². The molecule has 0 fully saturated rings. The van der Waals surface area contributed by atoms with E-state index in [0.717, 1.165) is 0 Å². The van der Waals surface area contributed by atoms with Gasteiger partial charge in [0.25, 0.3) is 5.69 Å². The summed E-state index contributed by atoms with van der Waals surface area (Å²) in [7, 11) is 1.81. The number of aliphatic hydroxyl groups excluding tert-OH is 1. The predicted molar refractivity (Wildman–Crippen MR) is 62.6 cm³/mol. The molecule has 0 unspecified atom stereocenters. The third-order valence-electron chi connectivity index (χ3n) is 2.57. The highest BCUT2D eigenvalue weighted by atomic mass is 16.6. The number of hydrogen-bond acceptors (Lipinski definition) is 4. The third-order valence-corrected chi connectivity index (χ3v) is 2.57. The smallest absolute Gasteiger partial charge is 0.292 e. The molecule has 0 aliphatic carbocycles. The van der Waals surface area contributed by atoms with Gasteiger partial charge in [-0.25, -0.2) is 0 Å². The number of aliphatic hydroxyl groups is 1. The average Bonchev–Trinajstić information content (AvgIpc) is 2.26. The zero-order valence-electron chi connectivity index (χ0n) is 9.67. The fourth-order valence-electron chi connectivity index (χ4n) is 1.39. The summed E-state index contributed by atoms with van der Waals surface area (Å²) in [6, 6.07) is 4.96. The van der Waals surface area contributed by atoms with Crippen molar-refractivity contribution in [2.24, 2.45) is 0 Å². The second-order valence-electron chi connectivity index (χ2n) is 3.94. The van der Waals surface area contributed by atoms with Crippen molar-refractivity contribution < 1.29 is 10.0 Å². The van der Waals surface area contributed by atoms with E-state index in [1.165, 1.54) is 6.07 Å². The first-order valence-corrected chi connectivity index (χ1v) is 5.08. The Hall–Kier alpha value is -1.62. The molecule has 1 aromatic rings. The number of anilines is 1. The van der Waals surface area contributed by atoms with Crippen molar-refractivity contribution in [1.82, 2.24) is 0 Å². The maximum atomic E-state index is 10.9. The zero-order chi connectivity index (χ0) is 12.3. The molecule has 0 spiro atoms. The van der Waals surface area contributed by atoms with Crippen LogP contribution in [0.15, 0.2) is 18.2 Å². The molecule has 0 aromatic heterocycles. The van der Waals surface area contributed by atoms with E-state index in [9.17, 15) is 10.1 Å². The Bertz CT molecular complexity index is 391. The molecular weight excluding hydrogens is 208 g/mol. The summed E-state index contributed by atoms with van der Waals surface area (Å²) in [5, 5.41) is 19.9. The van der Waals surface area contributed by atoms with Crippen molar-refractivity contribution in [2.45, 2.75) is 26.5 Å². The van der Waals surface area contributed by atoms with E-state index in [2.05, 4.69) is 0 Å². The van der Waals surface area contributed by atoms with E-state index in [4.69, 9.17) is 5.11 Å². The van der Waals surface area contributed by atoms with Gasteiger partial charge in [0.15, 0.2) is 0 Å². The first kappa shape index (κ1) is 12.4. The summed E-state index contributed by atoms with van der Waals surface area (Å²) in [4.78, 5) is 12.3. The lowest BCUT2D eigenvalue weighted by Gasteiger charge is -2.23. The molecule has 0 aliphatic rings. The fraction of sp³-hybridized carbons (Fsp3) is 0.455. The highest BCUT2D eigenvalue weighted by molar-refractivity contribution is 5.64. The number of nitrogens with zero attached hydrogens (tertiary/aromatic N) is 2. The summed E-state index contributed by atoms with van der Waals surface area (Å²) in [5.74, 6) is 0. The van der Waals surface area contributed by atoms with Crippen LogP contribution in [0.4, 0.5) is 11.4 Å². The van der Waals surface area contributed by atoms with Gasteiger partial charge in [0.1, 0.15) is 5.69 Å². The summed E-state index contributed by atoms with van der Waals surface area (Å²) in [5.41, 5.74) is 1.15. The minimum atomic E-state index is -0.423. The second-order valence-corrected chi connectivity index (χ2v) is 3.94. The summed E-state index contributed by atoms with van der Waals surface area (Å²) in [6.45, 7) is 3.74. The molecule has 1 aromatic carbocycles. The van der Waals surface area contributed by atoms with Gasteiger partial charge < -0.3 is 10.0 Å². The molecule has 5 nitrogen and oxygen atoms in total. The van der Waals surface area contributed by atoms with Gasteiger partial charge in [0, 0.05) is 19.2 Å². The largest absolute Gasteiger partial charge is 0.392 e. The lowest BCUT2D eigenvalue weighted by atomic mass is 10.1. The van der Waals surface area contributed by atoms with E-state index >= 15 is 0 Å². The normalized spacial score (nSPS) is 10.6. The quantitative estimate of drug-likeness (QED) is 0.627. The third kappa shape index (κ3) is 2.49. The summed E-state index contributed by atoms with van der Waals surface area (Å²) in [6.07, 6.45) is 0. The van der Waals surface area contributed by atoms with Crippen molar-refractivity contribution in [2.75, 3.05) is 11.9 Å². The van der Waals surface area contributed by atoms with E-state index in [1.54, 1.807) is 12.1 Å². The molecule has 0 heterocycles. The maximum absolute atomic E-state index is 10.9. The fourth-order valence-corrected chi connectivity index (χ4v) is 1.39.